The van der Waals surface area contributed by atoms with Gasteiger partial charge in [0.1, 0.15) is 5.69 Å². The zero-order valence-electron chi connectivity index (χ0n) is 9.21. The number of benzene rings is 1. The molecule has 19 heavy (non-hydrogen) atoms. The van der Waals surface area contributed by atoms with Gasteiger partial charge in [-0.3, -0.25) is 0 Å². The summed E-state index contributed by atoms with van der Waals surface area (Å²) in [4.78, 5) is 0. The van der Waals surface area contributed by atoms with E-state index in [-0.39, 0.29) is 17.1 Å². The van der Waals surface area contributed by atoms with E-state index in [1.165, 1.54) is 12.1 Å². The number of hydrogen-bond donors (Lipinski definition) is 1. The molecule has 0 bridgehead atoms. The number of aromatic nitrogens is 1. The fourth-order valence-corrected chi connectivity index (χ4v) is 1.46. The summed E-state index contributed by atoms with van der Waals surface area (Å²) < 4.78 is 67.6. The Morgan fingerprint density at radius 1 is 1.05 bits per heavy atom. The topological polar surface area (TPSA) is 52.0 Å². The minimum Gasteiger partial charge on any atom is -0.368 e. The van der Waals surface area contributed by atoms with Crippen LogP contribution < -0.4 is 5.73 Å². The summed E-state index contributed by atoms with van der Waals surface area (Å²) in [6, 6.07) is 5.03. The van der Waals surface area contributed by atoms with E-state index < -0.39 is 17.7 Å². The maximum absolute atomic E-state index is 13.2. The molecule has 1 heterocycles. The van der Waals surface area contributed by atoms with Crippen LogP contribution in [0.3, 0.4) is 0 Å². The van der Waals surface area contributed by atoms with Crippen molar-refractivity contribution in [2.75, 3.05) is 5.73 Å². The van der Waals surface area contributed by atoms with E-state index >= 15 is 0 Å². The van der Waals surface area contributed by atoms with Gasteiger partial charge in [-0.15, -0.1) is 0 Å². The highest BCUT2D eigenvalue weighted by molar-refractivity contribution is 5.62. The number of nitrogens with two attached hydrogens (primary N) is 1. The largest absolute Gasteiger partial charge is 0.458 e. The normalized spacial score (nSPS) is 12.7. The van der Waals surface area contributed by atoms with Gasteiger partial charge in [0.25, 0.3) is 0 Å². The van der Waals surface area contributed by atoms with Crippen molar-refractivity contribution in [3.05, 3.63) is 35.9 Å². The van der Waals surface area contributed by atoms with Crippen LogP contribution in [0.25, 0.3) is 11.3 Å². The van der Waals surface area contributed by atoms with Crippen LogP contribution in [0.15, 0.2) is 34.9 Å². The van der Waals surface area contributed by atoms with Gasteiger partial charge in [0.15, 0.2) is 0 Å². The zero-order valence-corrected chi connectivity index (χ0v) is 9.21. The van der Waals surface area contributed by atoms with Crippen LogP contribution in [0.1, 0.15) is 5.56 Å². The molecule has 8 heteroatoms. The Morgan fingerprint density at radius 3 is 2.26 bits per heavy atom. The second-order valence-electron chi connectivity index (χ2n) is 3.77. The Bertz CT molecular complexity index is 591. The third kappa shape index (κ3) is 2.38. The smallest absolute Gasteiger partial charge is 0.368 e. The molecule has 0 amide bonds. The van der Waals surface area contributed by atoms with Gasteiger partial charge in [-0.05, 0) is 6.07 Å². The zero-order chi connectivity index (χ0) is 14.3. The molecule has 1 aromatic carbocycles. The van der Waals surface area contributed by atoms with E-state index in [4.69, 9.17) is 5.73 Å². The first-order valence-electron chi connectivity index (χ1n) is 4.99. The van der Waals surface area contributed by atoms with Crippen LogP contribution >= 0.6 is 0 Å². The lowest BCUT2D eigenvalue weighted by atomic mass is 10.0. The number of hydrogen-bond acceptors (Lipinski definition) is 3. The van der Waals surface area contributed by atoms with Crippen molar-refractivity contribution in [2.24, 2.45) is 0 Å². The summed E-state index contributed by atoms with van der Waals surface area (Å²) in [7, 11) is 0. The summed E-state index contributed by atoms with van der Waals surface area (Å²) in [5.41, 5.74) is 4.22. The monoisotopic (exact) mass is 278 g/mol. The van der Waals surface area contributed by atoms with Crippen molar-refractivity contribution in [3.8, 4) is 11.3 Å². The molecular weight excluding hydrogens is 271 g/mol. The highest BCUT2D eigenvalue weighted by Gasteiger charge is 2.58. The van der Waals surface area contributed by atoms with Gasteiger partial charge in [0.2, 0.25) is 5.88 Å². The molecule has 0 saturated carbocycles. The number of nitrogens with zero attached hydrogens (tertiary/aromatic N) is 1. The van der Waals surface area contributed by atoms with Crippen molar-refractivity contribution < 1.29 is 26.5 Å². The molecule has 0 radical (unpaired) electrons. The molecule has 0 unspecified atom stereocenters. The molecule has 0 aliphatic rings. The van der Waals surface area contributed by atoms with Crippen LogP contribution in [0, 0.1) is 0 Å². The van der Waals surface area contributed by atoms with Gasteiger partial charge >= 0.3 is 12.1 Å². The minimum atomic E-state index is -5.66. The van der Waals surface area contributed by atoms with E-state index in [1.807, 2.05) is 0 Å². The summed E-state index contributed by atoms with van der Waals surface area (Å²) in [6.45, 7) is 0. The van der Waals surface area contributed by atoms with Gasteiger partial charge in [0.05, 0.1) is 0 Å². The predicted molar refractivity (Wildman–Crippen MR) is 56.3 cm³/mol. The van der Waals surface area contributed by atoms with Gasteiger partial charge in [-0.25, -0.2) is 0 Å². The molecule has 0 atom stereocenters. The number of halogens is 5. The molecule has 1 aromatic heterocycles. The number of anilines is 1. The van der Waals surface area contributed by atoms with Gasteiger partial charge < -0.3 is 10.3 Å². The molecular formula is C11H7F5N2O. The Balaban J connectivity index is 2.46. The van der Waals surface area contributed by atoms with Crippen molar-refractivity contribution in [2.45, 2.75) is 12.1 Å². The number of nitrogen functional groups attached to an aromatic ring is 1. The molecule has 2 aromatic rings. The lowest BCUT2D eigenvalue weighted by Gasteiger charge is -2.20. The Hall–Kier alpha value is -2.12. The number of rotatable bonds is 2. The SMILES string of the molecule is Nc1cc(-c2cccc(C(F)(F)C(F)(F)F)c2)no1. The van der Waals surface area contributed by atoms with Gasteiger partial charge in [-0.2, -0.15) is 22.0 Å². The first-order chi connectivity index (χ1) is 8.72. The van der Waals surface area contributed by atoms with Crippen LogP contribution in [-0.4, -0.2) is 11.3 Å². The second-order valence-corrected chi connectivity index (χ2v) is 3.77. The summed E-state index contributed by atoms with van der Waals surface area (Å²) in [5, 5.41) is 3.45. The predicted octanol–water partition coefficient (Wildman–Crippen LogP) is 3.58. The Kier molecular flexibility index (Phi) is 2.95. The molecule has 3 nitrogen and oxygen atoms in total. The second kappa shape index (κ2) is 4.22. The van der Waals surface area contributed by atoms with Crippen LogP contribution in [0.4, 0.5) is 27.8 Å². The highest BCUT2D eigenvalue weighted by Crippen LogP contribution is 2.44. The molecule has 0 aliphatic heterocycles. The van der Waals surface area contributed by atoms with E-state index in [1.54, 1.807) is 0 Å². The Labute approximate surface area is 103 Å². The molecule has 2 rings (SSSR count). The molecule has 0 aliphatic carbocycles. The van der Waals surface area contributed by atoms with Gasteiger partial charge in [0, 0.05) is 17.2 Å². The summed E-state index contributed by atoms with van der Waals surface area (Å²) >= 11 is 0. The van der Waals surface area contributed by atoms with Crippen LogP contribution in [0.5, 0.6) is 0 Å². The first kappa shape index (κ1) is 13.3. The van der Waals surface area contributed by atoms with E-state index in [9.17, 15) is 22.0 Å². The van der Waals surface area contributed by atoms with E-state index in [0.29, 0.717) is 12.1 Å². The van der Waals surface area contributed by atoms with Gasteiger partial charge in [-0.1, -0.05) is 23.4 Å². The standard InChI is InChI=1S/C11H7F5N2O/c12-10(13,11(14,15)16)7-3-1-2-6(4-7)8-5-9(17)19-18-8/h1-5H,17H2. The summed E-state index contributed by atoms with van der Waals surface area (Å²) in [6.07, 6.45) is -5.66. The van der Waals surface area contributed by atoms with Crippen molar-refractivity contribution in [1.82, 2.24) is 5.16 Å². The minimum absolute atomic E-state index is 0.0573. The molecule has 0 fully saturated rings. The molecule has 0 spiro atoms. The quantitative estimate of drug-likeness (QED) is 0.854. The Morgan fingerprint density at radius 2 is 1.74 bits per heavy atom. The summed E-state index contributed by atoms with van der Waals surface area (Å²) in [5.74, 6) is -5.00. The van der Waals surface area contributed by atoms with E-state index in [0.717, 1.165) is 6.07 Å². The molecule has 102 valence electrons. The average Bonchev–Trinajstić information content (AvgIpc) is 2.75. The average molecular weight is 278 g/mol. The fourth-order valence-electron chi connectivity index (χ4n) is 1.46. The lowest BCUT2D eigenvalue weighted by molar-refractivity contribution is -0.289. The van der Waals surface area contributed by atoms with Crippen LogP contribution in [0.2, 0.25) is 0 Å². The number of alkyl halides is 5. The third-order valence-corrected chi connectivity index (χ3v) is 2.41. The first-order valence-corrected chi connectivity index (χ1v) is 4.99. The highest BCUT2D eigenvalue weighted by atomic mass is 19.4. The molecule has 0 saturated heterocycles. The fraction of sp³-hybridized carbons (Fsp3) is 0.182. The molecule has 2 N–H and O–H groups in total. The van der Waals surface area contributed by atoms with Crippen molar-refractivity contribution >= 4 is 5.88 Å². The van der Waals surface area contributed by atoms with Crippen molar-refractivity contribution in [1.29, 1.82) is 0 Å². The van der Waals surface area contributed by atoms with Crippen LogP contribution in [-0.2, 0) is 5.92 Å². The lowest BCUT2D eigenvalue weighted by Crippen LogP contribution is -2.33. The van der Waals surface area contributed by atoms with Crippen molar-refractivity contribution in [3.63, 3.8) is 0 Å². The van der Waals surface area contributed by atoms with E-state index in [2.05, 4.69) is 9.68 Å². The maximum Gasteiger partial charge on any atom is 0.458 e. The maximum atomic E-state index is 13.2. The third-order valence-electron chi connectivity index (χ3n) is 2.41.